The molecule has 17 heteroatoms. The molecule has 7 aromatic carbocycles. The van der Waals surface area contributed by atoms with Crippen LogP contribution in [0.4, 0.5) is 47.1 Å². The molecule has 0 atom stereocenters. The highest BCUT2D eigenvalue weighted by Crippen LogP contribution is 2.45. The fourth-order valence-corrected chi connectivity index (χ4v) is 13.1. The van der Waals surface area contributed by atoms with Crippen LogP contribution in [0.25, 0.3) is 48.6 Å². The van der Waals surface area contributed by atoms with E-state index in [0.29, 0.717) is 49.0 Å². The molecule has 0 unspecified atom stereocenters. The van der Waals surface area contributed by atoms with E-state index in [-0.39, 0.29) is 37.0 Å². The zero-order chi connectivity index (χ0) is 77.6. The standard InChI is InChI=1S/C94H122N12O5/c1-4-7-10-13-16-19-22-25-28-31-66-107-86-80(70-110-84-62-54-78(55-63-84)48-44-74-38-34-72(35-39-74)42-46-76-50-58-82(59-51-76)99-93-103-89(95)101-90(96)104-93)69-81(87(108-67-32-29-26-23-20-17-14-11-8-5-2)88(86)109-68-33-30-27-24-21-18-15-12-9-6-3)71-111-85-64-56-79(57-65-85)49-45-75-40-36-73(37-41-75)43-47-77-52-60-83(61-53-77)100-94-105-91(97)102-92(98)106-94/h34-65,69H,4-33,66-68,70-71H2,1-3H3,(H5,95,96,99,101,103,104)(H5,97,98,100,102,105,106)/b46-42+,47-43+,48-44+,49-45+. The van der Waals surface area contributed by atoms with Gasteiger partial charge in [0.1, 0.15) is 24.7 Å². The maximum atomic E-state index is 7.10. The number of nitrogen functional groups attached to an aromatic ring is 4. The van der Waals surface area contributed by atoms with E-state index in [4.69, 9.17) is 46.6 Å². The van der Waals surface area contributed by atoms with Crippen LogP contribution in [0, 0.1) is 0 Å². The molecule has 0 amide bonds. The first-order valence-electron chi connectivity index (χ1n) is 41.3. The third kappa shape index (κ3) is 32.4. The molecule has 9 rings (SSSR count). The Morgan fingerprint density at radius 3 is 0.721 bits per heavy atom. The molecule has 0 radical (unpaired) electrons. The van der Waals surface area contributed by atoms with E-state index >= 15 is 0 Å². The molecule has 0 fully saturated rings. The lowest BCUT2D eigenvalue weighted by Crippen LogP contribution is -2.12. The highest BCUT2D eigenvalue weighted by atomic mass is 16.5. The summed E-state index contributed by atoms with van der Waals surface area (Å²) in [6.45, 7) is 9.05. The van der Waals surface area contributed by atoms with Gasteiger partial charge in [-0.25, -0.2) is 0 Å². The molecular weight excluding hydrogens is 1380 g/mol. The smallest absolute Gasteiger partial charge is 0.233 e. The summed E-state index contributed by atoms with van der Waals surface area (Å²) in [5, 5.41) is 6.25. The molecule has 111 heavy (non-hydrogen) atoms. The lowest BCUT2D eigenvalue weighted by Gasteiger charge is -2.23. The summed E-state index contributed by atoms with van der Waals surface area (Å²) in [5.74, 6) is 4.41. The van der Waals surface area contributed by atoms with E-state index in [9.17, 15) is 0 Å². The molecule has 0 saturated heterocycles. The van der Waals surface area contributed by atoms with Crippen molar-refractivity contribution in [3.8, 4) is 28.7 Å². The highest BCUT2D eigenvalue weighted by Gasteiger charge is 2.25. The summed E-state index contributed by atoms with van der Waals surface area (Å²) in [6, 6.07) is 51.6. The van der Waals surface area contributed by atoms with Crippen molar-refractivity contribution in [1.29, 1.82) is 0 Å². The Labute approximate surface area is 661 Å². The van der Waals surface area contributed by atoms with Crippen LogP contribution in [0.5, 0.6) is 28.7 Å². The van der Waals surface area contributed by atoms with Gasteiger partial charge >= 0.3 is 0 Å². The maximum absolute atomic E-state index is 7.10. The van der Waals surface area contributed by atoms with Crippen LogP contribution in [0.2, 0.25) is 0 Å². The summed E-state index contributed by atoms with van der Waals surface area (Å²) < 4.78 is 34.8. The lowest BCUT2D eigenvalue weighted by atomic mass is 10.1. The number of benzene rings is 7. The molecular formula is C94H122N12O5. The number of ether oxygens (including phenoxy) is 5. The van der Waals surface area contributed by atoms with Crippen molar-refractivity contribution in [1.82, 2.24) is 29.9 Å². The zero-order valence-corrected chi connectivity index (χ0v) is 66.3. The summed E-state index contributed by atoms with van der Waals surface area (Å²) in [4.78, 5) is 24.1. The average Bonchev–Trinajstić information content (AvgIpc) is 0.790. The van der Waals surface area contributed by atoms with Crippen molar-refractivity contribution in [3.63, 3.8) is 0 Å². The van der Waals surface area contributed by atoms with Gasteiger partial charge in [0.2, 0.25) is 41.4 Å². The Morgan fingerprint density at radius 2 is 0.468 bits per heavy atom. The van der Waals surface area contributed by atoms with Gasteiger partial charge in [0, 0.05) is 22.5 Å². The largest absolute Gasteiger partial charge is 0.489 e. The third-order valence-electron chi connectivity index (χ3n) is 19.5. The molecule has 0 aliphatic carbocycles. The Kier molecular flexibility index (Phi) is 37.6. The van der Waals surface area contributed by atoms with E-state index < -0.39 is 0 Å². The molecule has 9 aromatic rings. The summed E-state index contributed by atoms with van der Waals surface area (Å²) in [7, 11) is 0. The van der Waals surface area contributed by atoms with Gasteiger partial charge in [0.25, 0.3) is 0 Å². The van der Waals surface area contributed by atoms with Crippen molar-refractivity contribution in [2.75, 3.05) is 53.4 Å². The van der Waals surface area contributed by atoms with Gasteiger partial charge < -0.3 is 57.3 Å². The topological polar surface area (TPSA) is 252 Å². The second-order valence-corrected chi connectivity index (χ2v) is 28.9. The number of rotatable bonds is 54. The van der Waals surface area contributed by atoms with Gasteiger partial charge in [0.15, 0.2) is 11.5 Å². The molecule has 2 aromatic heterocycles. The quantitative estimate of drug-likeness (QED) is 0.0153. The minimum atomic E-state index is 0.0619. The van der Waals surface area contributed by atoms with Gasteiger partial charge in [-0.05, 0) is 118 Å². The number of hydrogen-bond acceptors (Lipinski definition) is 17. The van der Waals surface area contributed by atoms with Gasteiger partial charge in [0.05, 0.1) is 19.8 Å². The van der Waals surface area contributed by atoms with E-state index in [2.05, 4.69) is 189 Å². The predicted molar refractivity (Wildman–Crippen MR) is 465 cm³/mol. The van der Waals surface area contributed by atoms with Crippen molar-refractivity contribution < 1.29 is 23.7 Å². The van der Waals surface area contributed by atoms with Crippen LogP contribution in [-0.4, -0.2) is 49.7 Å². The first-order valence-corrected chi connectivity index (χ1v) is 41.3. The molecule has 17 nitrogen and oxygen atoms in total. The summed E-state index contributed by atoms with van der Waals surface area (Å²) in [5.41, 5.74) is 35.0. The third-order valence-corrected chi connectivity index (χ3v) is 19.5. The number of anilines is 8. The Bertz CT molecular complexity index is 3930. The molecule has 0 aliphatic heterocycles. The number of nitrogens with two attached hydrogens (primary N) is 4. The SMILES string of the molecule is CCCCCCCCCCCCOc1c(COc2ccc(/C=C/c3ccc(/C=C/c4ccc(Nc5nc(N)nc(N)n5)cc4)cc3)cc2)cc(COc2ccc(/C=C/c3ccc(/C=C/c4ccc(Nc5nc(N)nc(N)n5)cc4)cc3)cc2)c(OCCCCCCCCCCCC)c1OCCCCCCCCCCCC. The molecule has 0 spiro atoms. The minimum absolute atomic E-state index is 0.0619. The van der Waals surface area contributed by atoms with Crippen LogP contribution < -0.4 is 57.3 Å². The molecule has 0 saturated carbocycles. The van der Waals surface area contributed by atoms with E-state index in [1.807, 2.05) is 72.8 Å². The van der Waals surface area contributed by atoms with Crippen LogP contribution >= 0.6 is 0 Å². The molecule has 0 aliphatic rings. The Morgan fingerprint density at radius 1 is 0.252 bits per heavy atom. The number of nitrogens with zero attached hydrogens (tertiary/aromatic N) is 6. The first-order chi connectivity index (χ1) is 54.5. The second-order valence-electron chi connectivity index (χ2n) is 28.9. The Balaban J connectivity index is 0.901. The van der Waals surface area contributed by atoms with Crippen LogP contribution in [0.3, 0.4) is 0 Å². The van der Waals surface area contributed by atoms with Crippen molar-refractivity contribution in [2.45, 2.75) is 227 Å². The number of aromatic nitrogens is 6. The fraction of sp³-hybridized carbons (Fsp3) is 0.404. The first kappa shape index (κ1) is 84.3. The highest BCUT2D eigenvalue weighted by molar-refractivity contribution is 5.76. The van der Waals surface area contributed by atoms with Gasteiger partial charge in [-0.3, -0.25) is 0 Å². The number of unbranched alkanes of at least 4 members (excludes halogenated alkanes) is 27. The van der Waals surface area contributed by atoms with Gasteiger partial charge in [-0.15, -0.1) is 0 Å². The maximum Gasteiger partial charge on any atom is 0.233 e. The predicted octanol–water partition coefficient (Wildman–Crippen LogP) is 24.6. The van der Waals surface area contributed by atoms with Crippen LogP contribution in [0.1, 0.15) is 269 Å². The van der Waals surface area contributed by atoms with E-state index in [0.717, 1.165) is 117 Å². The normalized spacial score (nSPS) is 11.6. The van der Waals surface area contributed by atoms with E-state index in [1.165, 1.54) is 154 Å². The number of nitrogens with one attached hydrogen (secondary N) is 2. The monoisotopic (exact) mass is 1500 g/mol. The molecule has 0 bridgehead atoms. The zero-order valence-electron chi connectivity index (χ0n) is 66.3. The second kappa shape index (κ2) is 49.5. The summed E-state index contributed by atoms with van der Waals surface area (Å²) in [6.07, 6.45) is 54.1. The van der Waals surface area contributed by atoms with Crippen molar-refractivity contribution in [2.24, 2.45) is 0 Å². The Hall–Kier alpha value is -10.7. The van der Waals surface area contributed by atoms with Crippen LogP contribution in [0.15, 0.2) is 152 Å². The number of hydrogen-bond donors (Lipinski definition) is 6. The van der Waals surface area contributed by atoms with Crippen molar-refractivity contribution in [3.05, 3.63) is 207 Å². The van der Waals surface area contributed by atoms with Gasteiger partial charge in [-0.1, -0.05) is 340 Å². The van der Waals surface area contributed by atoms with Gasteiger partial charge in [-0.2, -0.15) is 29.9 Å². The minimum Gasteiger partial charge on any atom is -0.489 e. The van der Waals surface area contributed by atoms with Crippen LogP contribution in [-0.2, 0) is 13.2 Å². The molecule has 10 N–H and O–H groups in total. The molecule has 588 valence electrons. The fourth-order valence-electron chi connectivity index (χ4n) is 13.1. The van der Waals surface area contributed by atoms with Crippen molar-refractivity contribution >= 4 is 95.7 Å². The van der Waals surface area contributed by atoms with E-state index in [1.54, 1.807) is 0 Å². The average molecular weight is 1500 g/mol. The summed E-state index contributed by atoms with van der Waals surface area (Å²) >= 11 is 0. The molecule has 2 heterocycles. The lowest BCUT2D eigenvalue weighted by molar-refractivity contribution is 0.220.